The Kier molecular flexibility index (Phi) is 4.59. The second-order valence-electron chi connectivity index (χ2n) is 4.45. The van der Waals surface area contributed by atoms with Crippen molar-refractivity contribution >= 4 is 39.1 Å². The Morgan fingerprint density at radius 1 is 1.53 bits per heavy atom. The molecule has 1 aromatic heterocycles. The number of amides is 1. The Balaban J connectivity index is 1.91. The van der Waals surface area contributed by atoms with Crippen LogP contribution in [0, 0.1) is 0 Å². The van der Waals surface area contributed by atoms with Crippen LogP contribution in [-0.4, -0.2) is 41.1 Å². The van der Waals surface area contributed by atoms with Gasteiger partial charge in [-0.1, -0.05) is 0 Å². The second kappa shape index (κ2) is 6.02. The van der Waals surface area contributed by atoms with Gasteiger partial charge in [0.15, 0.2) is 6.10 Å². The van der Waals surface area contributed by atoms with Crippen LogP contribution in [0.1, 0.15) is 17.7 Å². The molecule has 0 bridgehead atoms. The van der Waals surface area contributed by atoms with Crippen molar-refractivity contribution in [1.29, 1.82) is 0 Å². The first kappa shape index (κ1) is 14.5. The maximum atomic E-state index is 12.1. The van der Waals surface area contributed by atoms with Gasteiger partial charge in [-0.25, -0.2) is 4.79 Å². The molecule has 0 radical (unpaired) electrons. The first-order chi connectivity index (χ1) is 8.97. The van der Waals surface area contributed by atoms with Crippen LogP contribution < -0.4 is 0 Å². The average molecular weight is 348 g/mol. The topological polar surface area (TPSA) is 66.8 Å². The number of hydrogen-bond donors (Lipinski definition) is 1. The van der Waals surface area contributed by atoms with Crippen LogP contribution in [0.4, 0.5) is 0 Å². The fourth-order valence-electron chi connectivity index (χ4n) is 1.99. The van der Waals surface area contributed by atoms with E-state index in [1.165, 1.54) is 0 Å². The molecule has 1 aliphatic rings. The Bertz CT molecular complexity index is 490. The zero-order valence-electron chi connectivity index (χ0n) is 10.3. The molecule has 1 fully saturated rings. The van der Waals surface area contributed by atoms with Crippen molar-refractivity contribution in [3.8, 4) is 0 Å². The van der Waals surface area contributed by atoms with E-state index in [4.69, 9.17) is 9.84 Å². The highest BCUT2D eigenvalue weighted by molar-refractivity contribution is 9.10. The summed E-state index contributed by atoms with van der Waals surface area (Å²) in [5.41, 5.74) is 0. The van der Waals surface area contributed by atoms with Gasteiger partial charge in [0.2, 0.25) is 0 Å². The molecule has 2 atom stereocenters. The number of ether oxygens (including phenoxy) is 1. The van der Waals surface area contributed by atoms with Gasteiger partial charge in [0, 0.05) is 21.8 Å². The summed E-state index contributed by atoms with van der Waals surface area (Å²) in [6.45, 7) is 0.507. The van der Waals surface area contributed by atoms with Crippen LogP contribution in [0.2, 0.25) is 0 Å². The fraction of sp³-hybridized carbons (Fsp3) is 0.500. The third-order valence-corrected chi connectivity index (χ3v) is 4.64. The lowest BCUT2D eigenvalue weighted by molar-refractivity contribution is -0.154. The molecular weight excluding hydrogens is 334 g/mol. The summed E-state index contributed by atoms with van der Waals surface area (Å²) in [5.74, 6) is -1.16. The van der Waals surface area contributed by atoms with E-state index in [1.54, 1.807) is 23.3 Å². The lowest BCUT2D eigenvalue weighted by atomic mass is 10.2. The molecular formula is C12H14BrNO4S. The van der Waals surface area contributed by atoms with Crippen LogP contribution in [0.25, 0.3) is 0 Å². The van der Waals surface area contributed by atoms with E-state index in [-0.39, 0.29) is 5.91 Å². The van der Waals surface area contributed by atoms with E-state index >= 15 is 0 Å². The first-order valence-electron chi connectivity index (χ1n) is 5.83. The zero-order valence-corrected chi connectivity index (χ0v) is 12.7. The summed E-state index contributed by atoms with van der Waals surface area (Å²) in [6.07, 6.45) is -0.619. The maximum absolute atomic E-state index is 12.1. The Morgan fingerprint density at radius 3 is 2.74 bits per heavy atom. The number of rotatable bonds is 4. The van der Waals surface area contributed by atoms with Crippen molar-refractivity contribution in [1.82, 2.24) is 4.90 Å². The van der Waals surface area contributed by atoms with Gasteiger partial charge >= 0.3 is 5.97 Å². The van der Waals surface area contributed by atoms with E-state index in [0.29, 0.717) is 19.4 Å². The van der Waals surface area contributed by atoms with Gasteiger partial charge in [-0.05, 0) is 34.8 Å². The van der Waals surface area contributed by atoms with Crippen LogP contribution >= 0.6 is 27.3 Å². The largest absolute Gasteiger partial charge is 0.479 e. The normalized spacial score (nSPS) is 22.4. The monoisotopic (exact) mass is 347 g/mol. The highest BCUT2D eigenvalue weighted by atomic mass is 79.9. The molecule has 0 aromatic carbocycles. The lowest BCUT2D eigenvalue weighted by Gasteiger charge is -2.20. The minimum Gasteiger partial charge on any atom is -0.479 e. The van der Waals surface area contributed by atoms with Gasteiger partial charge in [0.05, 0.1) is 6.54 Å². The van der Waals surface area contributed by atoms with E-state index < -0.39 is 18.2 Å². The predicted molar refractivity (Wildman–Crippen MR) is 74.0 cm³/mol. The van der Waals surface area contributed by atoms with Gasteiger partial charge in [0.25, 0.3) is 5.91 Å². The molecule has 1 saturated heterocycles. The molecule has 1 aliphatic heterocycles. The predicted octanol–water partition coefficient (Wildman–Crippen LogP) is 2.10. The molecule has 2 heterocycles. The van der Waals surface area contributed by atoms with Gasteiger partial charge in [-0.2, -0.15) is 0 Å². The van der Waals surface area contributed by atoms with Crippen molar-refractivity contribution in [2.45, 2.75) is 31.6 Å². The first-order valence-corrected chi connectivity index (χ1v) is 7.51. The van der Waals surface area contributed by atoms with Crippen molar-refractivity contribution in [2.24, 2.45) is 0 Å². The number of aliphatic carboxylic acids is 1. The van der Waals surface area contributed by atoms with E-state index in [2.05, 4.69) is 15.9 Å². The van der Waals surface area contributed by atoms with Crippen molar-refractivity contribution in [3.05, 3.63) is 20.8 Å². The molecule has 0 aliphatic carbocycles. The van der Waals surface area contributed by atoms with Crippen LogP contribution in [0.3, 0.4) is 0 Å². The van der Waals surface area contributed by atoms with Crippen LogP contribution in [0.15, 0.2) is 15.9 Å². The standard InChI is InChI=1S/C12H14BrNO4S/c1-14(5-8-4-7(13)6-19-8)11(15)9-2-3-10(18-9)12(16)17/h4,6,9-10H,2-3,5H2,1H3,(H,16,17). The molecule has 2 rings (SSSR count). The number of carbonyl (C=O) groups is 2. The molecule has 2 unspecified atom stereocenters. The van der Waals surface area contributed by atoms with Crippen molar-refractivity contribution in [2.75, 3.05) is 7.05 Å². The van der Waals surface area contributed by atoms with Gasteiger partial charge < -0.3 is 14.7 Å². The molecule has 1 amide bonds. The third-order valence-electron chi connectivity index (χ3n) is 2.96. The Hall–Kier alpha value is -0.920. The minimum atomic E-state index is -1.000. The fourth-order valence-corrected chi connectivity index (χ4v) is 3.50. The molecule has 0 spiro atoms. The molecule has 19 heavy (non-hydrogen) atoms. The lowest BCUT2D eigenvalue weighted by Crippen LogP contribution is -2.36. The van der Waals surface area contributed by atoms with Gasteiger partial charge in [0.1, 0.15) is 6.10 Å². The zero-order chi connectivity index (χ0) is 14.0. The number of halogens is 1. The van der Waals surface area contributed by atoms with E-state index in [0.717, 1.165) is 9.35 Å². The van der Waals surface area contributed by atoms with Gasteiger partial charge in [-0.3, -0.25) is 4.79 Å². The molecule has 5 nitrogen and oxygen atoms in total. The second-order valence-corrected chi connectivity index (χ2v) is 6.37. The van der Waals surface area contributed by atoms with E-state index in [9.17, 15) is 9.59 Å². The minimum absolute atomic E-state index is 0.159. The summed E-state index contributed by atoms with van der Waals surface area (Å²) >= 11 is 4.93. The number of hydrogen-bond acceptors (Lipinski definition) is 4. The highest BCUT2D eigenvalue weighted by Gasteiger charge is 2.36. The van der Waals surface area contributed by atoms with Crippen molar-refractivity contribution in [3.63, 3.8) is 0 Å². The summed E-state index contributed by atoms with van der Waals surface area (Å²) in [5, 5.41) is 10.8. The number of thiophene rings is 1. The molecule has 104 valence electrons. The number of carboxylic acid groups (broad SMARTS) is 1. The van der Waals surface area contributed by atoms with E-state index in [1.807, 2.05) is 11.4 Å². The van der Waals surface area contributed by atoms with Crippen molar-refractivity contribution < 1.29 is 19.4 Å². The number of nitrogens with zero attached hydrogens (tertiary/aromatic N) is 1. The van der Waals surface area contributed by atoms with Crippen LogP contribution in [0.5, 0.6) is 0 Å². The van der Waals surface area contributed by atoms with Crippen LogP contribution in [-0.2, 0) is 20.9 Å². The number of carboxylic acids is 1. The number of likely N-dealkylation sites (N-methyl/N-ethyl adjacent to an activating group) is 1. The highest BCUT2D eigenvalue weighted by Crippen LogP contribution is 2.24. The number of carbonyl (C=O) groups excluding carboxylic acids is 1. The summed E-state index contributed by atoms with van der Waals surface area (Å²) in [6, 6.07) is 1.96. The summed E-state index contributed by atoms with van der Waals surface area (Å²) in [7, 11) is 1.70. The van der Waals surface area contributed by atoms with Gasteiger partial charge in [-0.15, -0.1) is 11.3 Å². The molecule has 1 aromatic rings. The summed E-state index contributed by atoms with van der Waals surface area (Å²) < 4.78 is 6.25. The molecule has 7 heteroatoms. The quantitative estimate of drug-likeness (QED) is 0.905. The smallest absolute Gasteiger partial charge is 0.332 e. The SMILES string of the molecule is CN(Cc1cc(Br)cs1)C(=O)C1CCC(C(=O)O)O1. The molecule has 1 N–H and O–H groups in total. The third kappa shape index (κ3) is 3.55. The Morgan fingerprint density at radius 2 is 2.21 bits per heavy atom. The molecule has 0 saturated carbocycles. The Labute approximate surface area is 123 Å². The maximum Gasteiger partial charge on any atom is 0.332 e. The average Bonchev–Trinajstić information content (AvgIpc) is 2.97. The summed E-state index contributed by atoms with van der Waals surface area (Å²) in [4.78, 5) is 25.5.